The van der Waals surface area contributed by atoms with Gasteiger partial charge in [-0.05, 0) is 48.6 Å². The summed E-state index contributed by atoms with van der Waals surface area (Å²) >= 11 is 6.00. The fraction of sp³-hybridized carbons (Fsp3) is 0.586. The molecule has 0 aromatic heterocycles. The topological polar surface area (TPSA) is 157 Å². The van der Waals surface area contributed by atoms with Gasteiger partial charge in [-0.15, -0.1) is 0 Å². The van der Waals surface area contributed by atoms with Crippen LogP contribution < -0.4 is 14.9 Å². The van der Waals surface area contributed by atoms with Crippen LogP contribution in [0.1, 0.15) is 56.1 Å². The Labute approximate surface area is 262 Å². The molecule has 3 N–H and O–H groups in total. The summed E-state index contributed by atoms with van der Waals surface area (Å²) in [5.74, 6) is -2.34. The molecule has 1 saturated heterocycles. The molecule has 0 bridgehead atoms. The number of hydrogen-bond acceptors (Lipinski definition) is 8. The molecule has 3 aliphatic heterocycles. The average Bonchev–Trinajstić information content (AvgIpc) is 3.29. The summed E-state index contributed by atoms with van der Waals surface area (Å²) in [6, 6.07) is 5.87. The van der Waals surface area contributed by atoms with E-state index in [-0.39, 0.29) is 19.4 Å². The van der Waals surface area contributed by atoms with Crippen LogP contribution in [0.5, 0.6) is 0 Å². The summed E-state index contributed by atoms with van der Waals surface area (Å²) in [6.07, 6.45) is 6.23. The molecular formula is C29H39ClN6O7S. The van der Waals surface area contributed by atoms with Gasteiger partial charge in [0.1, 0.15) is 23.7 Å². The Morgan fingerprint density at radius 1 is 1.11 bits per heavy atom. The number of nitrogens with zero attached hydrogens (tertiary/aromatic N) is 3. The molecule has 2 fully saturated rings. The molecular weight excluding hydrogens is 612 g/mol. The highest BCUT2D eigenvalue weighted by Crippen LogP contribution is 2.45. The minimum atomic E-state index is -4.12. The van der Waals surface area contributed by atoms with E-state index < -0.39 is 63.7 Å². The molecule has 1 aromatic carbocycles. The third-order valence-electron chi connectivity index (χ3n) is 8.85. The number of fused-ring (bicyclic) bond motifs is 3. The molecule has 13 nitrogen and oxygen atoms in total. The van der Waals surface area contributed by atoms with Crippen molar-refractivity contribution in [2.45, 2.75) is 81.8 Å². The van der Waals surface area contributed by atoms with E-state index in [2.05, 4.69) is 14.9 Å². The quantitative estimate of drug-likeness (QED) is 0.320. The Morgan fingerprint density at radius 3 is 2.48 bits per heavy atom. The Hall–Kier alpha value is -3.20. The number of allylic oxidation sites excluding steroid dienone is 1. The van der Waals surface area contributed by atoms with E-state index in [9.17, 15) is 27.6 Å². The predicted molar refractivity (Wildman–Crippen MR) is 161 cm³/mol. The summed E-state index contributed by atoms with van der Waals surface area (Å²) in [5, 5.41) is 2.78. The summed E-state index contributed by atoms with van der Waals surface area (Å²) in [6.45, 7) is 0.764. The highest BCUT2D eigenvalue weighted by molar-refractivity contribution is 7.87. The highest BCUT2D eigenvalue weighted by atomic mass is 35.5. The van der Waals surface area contributed by atoms with Gasteiger partial charge in [-0.2, -0.15) is 12.7 Å². The van der Waals surface area contributed by atoms with Crippen molar-refractivity contribution in [3.05, 3.63) is 47.5 Å². The van der Waals surface area contributed by atoms with Gasteiger partial charge in [0.2, 0.25) is 11.8 Å². The summed E-state index contributed by atoms with van der Waals surface area (Å²) in [7, 11) is -1.54. The Balaban J connectivity index is 1.37. The van der Waals surface area contributed by atoms with Gasteiger partial charge in [0.05, 0.1) is 6.54 Å². The van der Waals surface area contributed by atoms with Crippen LogP contribution in [-0.4, -0.2) is 90.7 Å². The van der Waals surface area contributed by atoms with Crippen molar-refractivity contribution in [2.24, 2.45) is 5.92 Å². The number of rotatable bonds is 5. The van der Waals surface area contributed by atoms with Crippen LogP contribution in [0.4, 0.5) is 4.79 Å². The zero-order chi connectivity index (χ0) is 31.6. The van der Waals surface area contributed by atoms with Crippen molar-refractivity contribution in [1.29, 1.82) is 0 Å². The van der Waals surface area contributed by atoms with Crippen molar-refractivity contribution in [3.63, 3.8) is 0 Å². The number of nitrogens with one attached hydrogen (secondary N) is 3. The minimum Gasteiger partial charge on any atom is -0.444 e. The maximum absolute atomic E-state index is 13.9. The number of carbonyl (C=O) groups is 4. The van der Waals surface area contributed by atoms with E-state index in [4.69, 9.17) is 16.5 Å². The second-order valence-electron chi connectivity index (χ2n) is 12.1. The lowest BCUT2D eigenvalue weighted by atomic mass is 10.1. The van der Waals surface area contributed by atoms with Crippen molar-refractivity contribution < 1.29 is 32.3 Å². The fourth-order valence-corrected chi connectivity index (χ4v) is 6.91. The zero-order valence-electron chi connectivity index (χ0n) is 24.8. The van der Waals surface area contributed by atoms with Crippen LogP contribution in [0.15, 0.2) is 36.4 Å². The van der Waals surface area contributed by atoms with Gasteiger partial charge in [0, 0.05) is 39.5 Å². The number of hydrogen-bond donors (Lipinski definition) is 3. The Bertz CT molecular complexity index is 1410. The van der Waals surface area contributed by atoms with Gasteiger partial charge < -0.3 is 15.0 Å². The van der Waals surface area contributed by atoms with Crippen molar-refractivity contribution in [2.75, 3.05) is 20.6 Å². The first-order chi connectivity index (χ1) is 20.9. The molecule has 240 valence electrons. The fourth-order valence-electron chi connectivity index (χ4n) is 6.11. The second kappa shape index (κ2) is 13.0. The highest BCUT2D eigenvalue weighted by Gasteiger charge is 2.61. The smallest absolute Gasteiger partial charge is 0.410 e. The standard InChI is InChI=1S/C29H39ClN6O7S/c1-34(2)44(41,42)33-27(39)29-15-21(29)12-6-4-3-5-7-13-23(32-30)26(38)36-18-22(14-24(36)25(37)31-29)43-28(40)35-16-19-10-8-9-11-20(19)17-35/h6,8-12,21-24,32H,3-5,7,13-18H2,1-2H3,(H,31,37)(H,33,39)/t21-,22-,23+,24+,29-/m1/s1. The van der Waals surface area contributed by atoms with Crippen LogP contribution in [-0.2, 0) is 42.4 Å². The molecule has 4 amide bonds. The lowest BCUT2D eigenvalue weighted by Crippen LogP contribution is -2.58. The number of halogens is 1. The molecule has 3 heterocycles. The first-order valence-electron chi connectivity index (χ1n) is 14.9. The van der Waals surface area contributed by atoms with Crippen molar-refractivity contribution in [1.82, 2.24) is 29.0 Å². The van der Waals surface area contributed by atoms with Gasteiger partial charge in [0.15, 0.2) is 0 Å². The van der Waals surface area contributed by atoms with Crippen LogP contribution in [0, 0.1) is 5.92 Å². The first-order valence-corrected chi connectivity index (χ1v) is 16.7. The van der Waals surface area contributed by atoms with Gasteiger partial charge in [-0.1, -0.05) is 49.3 Å². The molecule has 0 radical (unpaired) electrons. The van der Waals surface area contributed by atoms with Crippen molar-refractivity contribution in [3.8, 4) is 0 Å². The van der Waals surface area contributed by atoms with E-state index in [1.165, 1.54) is 19.0 Å². The number of benzene rings is 1. The normalized spacial score (nSPS) is 29.2. The molecule has 0 unspecified atom stereocenters. The first kappa shape index (κ1) is 32.2. The van der Waals surface area contributed by atoms with Gasteiger partial charge in [-0.3, -0.25) is 19.3 Å². The molecule has 0 spiro atoms. The average molecular weight is 651 g/mol. The SMILES string of the molecule is CN(C)S(=O)(=O)NC(=O)[C@@]12C[C@H]1C=CCCCCC[C@H](NCl)C(=O)N1C[C@H](OC(=O)N3Cc4ccccc4C3)C[C@H]1C(=O)N2. The van der Waals surface area contributed by atoms with E-state index in [1.807, 2.05) is 36.4 Å². The van der Waals surface area contributed by atoms with Crippen LogP contribution in [0.25, 0.3) is 0 Å². The van der Waals surface area contributed by atoms with E-state index in [0.29, 0.717) is 19.5 Å². The van der Waals surface area contributed by atoms with Crippen molar-refractivity contribution >= 4 is 45.8 Å². The molecule has 4 aliphatic rings. The van der Waals surface area contributed by atoms with E-state index >= 15 is 0 Å². The summed E-state index contributed by atoms with van der Waals surface area (Å²) < 4.78 is 33.7. The van der Waals surface area contributed by atoms with Gasteiger partial charge in [0.25, 0.3) is 5.91 Å². The predicted octanol–water partition coefficient (Wildman–Crippen LogP) is 1.54. The molecule has 1 aromatic rings. The maximum atomic E-state index is 13.9. The summed E-state index contributed by atoms with van der Waals surface area (Å²) in [4.78, 5) is 59.6. The number of ether oxygens (including phenoxy) is 1. The van der Waals surface area contributed by atoms with E-state index in [1.54, 1.807) is 4.90 Å². The second-order valence-corrected chi connectivity index (χ2v) is 14.2. The number of amides is 4. The molecule has 44 heavy (non-hydrogen) atoms. The van der Waals surface area contributed by atoms with Gasteiger partial charge in [-0.25, -0.2) is 14.4 Å². The lowest BCUT2D eigenvalue weighted by molar-refractivity contribution is -0.141. The van der Waals surface area contributed by atoms with Crippen LogP contribution in [0.2, 0.25) is 0 Å². The molecule has 1 aliphatic carbocycles. The molecule has 15 heteroatoms. The van der Waals surface area contributed by atoms with E-state index in [0.717, 1.165) is 41.1 Å². The molecule has 5 rings (SSSR count). The molecule has 1 saturated carbocycles. The third-order valence-corrected chi connectivity index (χ3v) is 10.5. The Kier molecular flexibility index (Phi) is 9.54. The van der Waals surface area contributed by atoms with Crippen LogP contribution >= 0.6 is 11.8 Å². The van der Waals surface area contributed by atoms with Gasteiger partial charge >= 0.3 is 16.3 Å². The number of carbonyl (C=O) groups excluding carboxylic acids is 4. The van der Waals surface area contributed by atoms with Crippen LogP contribution in [0.3, 0.4) is 0 Å². The lowest BCUT2D eigenvalue weighted by Gasteiger charge is -2.29. The largest absolute Gasteiger partial charge is 0.444 e. The maximum Gasteiger partial charge on any atom is 0.410 e. The molecule has 5 atom stereocenters. The monoisotopic (exact) mass is 650 g/mol. The Morgan fingerprint density at radius 2 is 1.82 bits per heavy atom. The third kappa shape index (κ3) is 6.72. The minimum absolute atomic E-state index is 0.00725. The summed E-state index contributed by atoms with van der Waals surface area (Å²) in [5.41, 5.74) is 0.551. The zero-order valence-corrected chi connectivity index (χ0v) is 26.4.